The van der Waals surface area contributed by atoms with Crippen LogP contribution in [0.15, 0.2) is 11.6 Å². The molecule has 0 spiro atoms. The summed E-state index contributed by atoms with van der Waals surface area (Å²) in [5.74, 6) is 0.258. The lowest BCUT2D eigenvalue weighted by molar-refractivity contribution is -0.119. The van der Waals surface area contributed by atoms with Gasteiger partial charge in [0.25, 0.3) is 0 Å². The van der Waals surface area contributed by atoms with E-state index in [-0.39, 0.29) is 17.5 Å². The summed E-state index contributed by atoms with van der Waals surface area (Å²) in [5.41, 5.74) is 1.21. The molecular weight excluding hydrogens is 192 g/mol. The van der Waals surface area contributed by atoms with Gasteiger partial charge in [0.15, 0.2) is 12.1 Å². The number of rotatable bonds is 3. The molecule has 1 saturated heterocycles. The summed E-state index contributed by atoms with van der Waals surface area (Å²) >= 11 is 0. The molecule has 0 atom stereocenters. The third kappa shape index (κ3) is 2.47. The maximum Gasteiger partial charge on any atom is 0.163 e. The fourth-order valence-electron chi connectivity index (χ4n) is 2.27. The maximum absolute atomic E-state index is 11.1. The summed E-state index contributed by atoms with van der Waals surface area (Å²) in [6, 6.07) is 0. The number of carbonyl (C=O) groups is 1. The van der Waals surface area contributed by atoms with Gasteiger partial charge in [0.2, 0.25) is 0 Å². The summed E-state index contributed by atoms with van der Waals surface area (Å²) in [6.45, 7) is 5.64. The van der Waals surface area contributed by atoms with Gasteiger partial charge in [0, 0.05) is 11.8 Å². The van der Waals surface area contributed by atoms with Gasteiger partial charge in [-0.1, -0.05) is 19.4 Å². The number of hydrogen-bond donors (Lipinski definition) is 0. The molecule has 15 heavy (non-hydrogen) atoms. The van der Waals surface area contributed by atoms with E-state index in [0.29, 0.717) is 19.6 Å². The first kappa shape index (κ1) is 10.8. The second-order valence-electron chi connectivity index (χ2n) is 5.01. The Hall–Kier alpha value is -0.670. The van der Waals surface area contributed by atoms with Gasteiger partial charge in [0.1, 0.15) is 0 Å². The minimum atomic E-state index is -0.117. The van der Waals surface area contributed by atoms with Gasteiger partial charge in [-0.25, -0.2) is 0 Å². The molecule has 1 fully saturated rings. The zero-order valence-electron chi connectivity index (χ0n) is 9.41. The number of ether oxygens (including phenoxy) is 2. The summed E-state index contributed by atoms with van der Waals surface area (Å²) in [7, 11) is 0. The van der Waals surface area contributed by atoms with Crippen molar-refractivity contribution < 1.29 is 14.3 Å². The molecule has 0 aromatic heterocycles. The van der Waals surface area contributed by atoms with Crippen LogP contribution in [0, 0.1) is 5.41 Å². The van der Waals surface area contributed by atoms with E-state index >= 15 is 0 Å². The molecule has 1 aliphatic heterocycles. The molecule has 0 radical (unpaired) electrons. The lowest BCUT2D eigenvalue weighted by atomic mass is 9.84. The van der Waals surface area contributed by atoms with Crippen molar-refractivity contribution in [3.63, 3.8) is 0 Å². The van der Waals surface area contributed by atoms with Crippen LogP contribution in [-0.4, -0.2) is 25.3 Å². The lowest BCUT2D eigenvalue weighted by Crippen LogP contribution is -2.30. The zero-order chi connectivity index (χ0) is 10.9. The quantitative estimate of drug-likeness (QED) is 0.715. The van der Waals surface area contributed by atoms with Gasteiger partial charge in [-0.15, -0.1) is 0 Å². The van der Waals surface area contributed by atoms with E-state index in [0.717, 1.165) is 12.8 Å². The van der Waals surface area contributed by atoms with Crippen LogP contribution < -0.4 is 0 Å². The fourth-order valence-corrected chi connectivity index (χ4v) is 2.27. The Morgan fingerprint density at radius 2 is 2.00 bits per heavy atom. The van der Waals surface area contributed by atoms with Gasteiger partial charge < -0.3 is 9.47 Å². The first-order valence-corrected chi connectivity index (χ1v) is 5.53. The van der Waals surface area contributed by atoms with Crippen LogP contribution in [-0.2, 0) is 14.3 Å². The molecule has 0 unspecified atom stereocenters. The van der Waals surface area contributed by atoms with E-state index in [9.17, 15) is 4.79 Å². The zero-order valence-corrected chi connectivity index (χ0v) is 9.41. The van der Waals surface area contributed by atoms with Crippen molar-refractivity contribution in [1.29, 1.82) is 0 Å². The minimum absolute atomic E-state index is 0.0348. The molecule has 0 bridgehead atoms. The van der Waals surface area contributed by atoms with E-state index < -0.39 is 0 Å². The average Bonchev–Trinajstić information content (AvgIpc) is 2.75. The van der Waals surface area contributed by atoms with Gasteiger partial charge in [-0.2, -0.15) is 0 Å². The van der Waals surface area contributed by atoms with Crippen molar-refractivity contribution in [2.24, 2.45) is 5.41 Å². The Labute approximate surface area is 90.4 Å². The molecule has 3 nitrogen and oxygen atoms in total. The Morgan fingerprint density at radius 1 is 1.33 bits per heavy atom. The van der Waals surface area contributed by atoms with Gasteiger partial charge >= 0.3 is 0 Å². The lowest BCUT2D eigenvalue weighted by Gasteiger charge is -2.30. The van der Waals surface area contributed by atoms with E-state index in [1.165, 1.54) is 5.57 Å². The van der Waals surface area contributed by atoms with Crippen LogP contribution in [0.1, 0.15) is 33.1 Å². The Kier molecular flexibility index (Phi) is 2.94. The standard InChI is InChI=1S/C12H18O3/c1-12(2,11-14-5-6-15-11)8-9-3-4-10(13)7-9/h7,11H,3-6,8H2,1-2H3. The van der Waals surface area contributed by atoms with Crippen molar-refractivity contribution in [2.45, 2.75) is 39.4 Å². The van der Waals surface area contributed by atoms with Crippen molar-refractivity contribution in [3.8, 4) is 0 Å². The van der Waals surface area contributed by atoms with Crippen LogP contribution >= 0.6 is 0 Å². The fraction of sp³-hybridized carbons (Fsp3) is 0.750. The third-order valence-electron chi connectivity index (χ3n) is 3.00. The Balaban J connectivity index is 1.97. The van der Waals surface area contributed by atoms with Crippen LogP contribution in [0.5, 0.6) is 0 Å². The molecule has 0 aromatic carbocycles. The van der Waals surface area contributed by atoms with Crippen molar-refractivity contribution in [1.82, 2.24) is 0 Å². The predicted molar refractivity (Wildman–Crippen MR) is 56.4 cm³/mol. The average molecular weight is 210 g/mol. The van der Waals surface area contributed by atoms with Gasteiger partial charge in [-0.05, 0) is 18.9 Å². The summed E-state index contributed by atoms with van der Waals surface area (Å²) in [5, 5.41) is 0. The molecule has 0 saturated carbocycles. The summed E-state index contributed by atoms with van der Waals surface area (Å²) in [4.78, 5) is 11.1. The Morgan fingerprint density at radius 3 is 2.53 bits per heavy atom. The van der Waals surface area contributed by atoms with Gasteiger partial charge in [0.05, 0.1) is 13.2 Å². The van der Waals surface area contributed by atoms with Crippen molar-refractivity contribution in [2.75, 3.05) is 13.2 Å². The molecule has 0 amide bonds. The molecule has 1 aliphatic carbocycles. The SMILES string of the molecule is CC(C)(CC1=CC(=O)CC1)C1OCCO1. The largest absolute Gasteiger partial charge is 0.350 e. The van der Waals surface area contributed by atoms with E-state index in [4.69, 9.17) is 9.47 Å². The molecule has 3 heteroatoms. The van der Waals surface area contributed by atoms with Gasteiger partial charge in [-0.3, -0.25) is 4.79 Å². The minimum Gasteiger partial charge on any atom is -0.350 e. The van der Waals surface area contributed by atoms with Crippen molar-refractivity contribution >= 4 is 5.78 Å². The predicted octanol–water partition coefficient (Wildman–Crippen LogP) is 2.06. The Bertz CT molecular complexity index is 285. The third-order valence-corrected chi connectivity index (χ3v) is 3.00. The number of carbonyl (C=O) groups excluding carboxylic acids is 1. The van der Waals surface area contributed by atoms with Crippen LogP contribution in [0.3, 0.4) is 0 Å². The second-order valence-corrected chi connectivity index (χ2v) is 5.01. The molecule has 84 valence electrons. The molecule has 2 aliphatic rings. The first-order valence-electron chi connectivity index (χ1n) is 5.53. The molecule has 1 heterocycles. The van der Waals surface area contributed by atoms with Crippen molar-refractivity contribution in [3.05, 3.63) is 11.6 Å². The highest BCUT2D eigenvalue weighted by molar-refractivity contribution is 5.92. The summed E-state index contributed by atoms with van der Waals surface area (Å²) in [6.07, 6.45) is 4.15. The van der Waals surface area contributed by atoms with Crippen LogP contribution in [0.2, 0.25) is 0 Å². The molecule has 0 aromatic rings. The molecule has 2 rings (SSSR count). The number of allylic oxidation sites excluding steroid dienone is 2. The smallest absolute Gasteiger partial charge is 0.163 e. The number of hydrogen-bond acceptors (Lipinski definition) is 3. The van der Waals surface area contributed by atoms with E-state index in [1.807, 2.05) is 0 Å². The van der Waals surface area contributed by atoms with Crippen LogP contribution in [0.25, 0.3) is 0 Å². The highest BCUT2D eigenvalue weighted by Crippen LogP contribution is 2.36. The highest BCUT2D eigenvalue weighted by atomic mass is 16.7. The summed E-state index contributed by atoms with van der Waals surface area (Å²) < 4.78 is 11.0. The molecular formula is C12H18O3. The maximum atomic E-state index is 11.1. The monoisotopic (exact) mass is 210 g/mol. The molecule has 0 N–H and O–H groups in total. The highest BCUT2D eigenvalue weighted by Gasteiger charge is 2.35. The van der Waals surface area contributed by atoms with Crippen LogP contribution in [0.4, 0.5) is 0 Å². The normalized spacial score (nSPS) is 23.6. The second kappa shape index (κ2) is 4.06. The van der Waals surface area contributed by atoms with E-state index in [1.54, 1.807) is 6.08 Å². The topological polar surface area (TPSA) is 35.5 Å². The number of ketones is 1. The van der Waals surface area contributed by atoms with E-state index in [2.05, 4.69) is 13.8 Å². The first-order chi connectivity index (χ1) is 7.08.